The van der Waals surface area contributed by atoms with Gasteiger partial charge in [0.2, 0.25) is 0 Å². The van der Waals surface area contributed by atoms with Crippen molar-refractivity contribution in [2.24, 2.45) is 0 Å². The van der Waals surface area contributed by atoms with E-state index in [4.69, 9.17) is 0 Å². The number of rotatable bonds is 5. The van der Waals surface area contributed by atoms with Crippen molar-refractivity contribution in [3.05, 3.63) is 73.1 Å². The number of nitrogens with zero attached hydrogens (tertiary/aromatic N) is 5. The van der Waals surface area contributed by atoms with E-state index in [0.717, 1.165) is 63.7 Å². The molecule has 6 rings (SSSR count). The highest BCUT2D eigenvalue weighted by Crippen LogP contribution is 2.31. The van der Waals surface area contributed by atoms with E-state index in [1.807, 2.05) is 54.5 Å². The van der Waals surface area contributed by atoms with E-state index in [-0.39, 0.29) is 0 Å². The predicted molar refractivity (Wildman–Crippen MR) is 125 cm³/mol. The molecule has 0 bridgehead atoms. The molecule has 1 aliphatic heterocycles. The second-order valence-electron chi connectivity index (χ2n) is 8.07. The number of hydrogen-bond acceptors (Lipinski definition) is 6. The van der Waals surface area contributed by atoms with Crippen molar-refractivity contribution in [2.75, 3.05) is 18.4 Å². The molecule has 8 nitrogen and oxygen atoms in total. The molecule has 0 atom stereocenters. The van der Waals surface area contributed by atoms with Crippen LogP contribution in [-0.2, 0) is 0 Å². The van der Waals surface area contributed by atoms with Gasteiger partial charge in [0.05, 0.1) is 58.7 Å². The first kappa shape index (κ1) is 18.7. The quantitative estimate of drug-likeness (QED) is 0.395. The van der Waals surface area contributed by atoms with Crippen molar-refractivity contribution in [1.82, 2.24) is 35.0 Å². The number of anilines is 2. The first-order valence-corrected chi connectivity index (χ1v) is 10.6. The number of pyridine rings is 2. The molecule has 5 aromatic rings. The summed E-state index contributed by atoms with van der Waals surface area (Å²) >= 11 is 0. The molecule has 32 heavy (non-hydrogen) atoms. The number of aromatic amines is 1. The van der Waals surface area contributed by atoms with Gasteiger partial charge in [0.15, 0.2) is 0 Å². The Morgan fingerprint density at radius 2 is 1.97 bits per heavy atom. The van der Waals surface area contributed by atoms with Gasteiger partial charge in [-0.15, -0.1) is 0 Å². The Hall–Kier alpha value is -4.04. The molecule has 0 aliphatic carbocycles. The highest BCUT2D eigenvalue weighted by molar-refractivity contribution is 5.88. The SMILES string of the molecule is Cc1cccc(-c2[nH]cnc2-c2ccc3ncc(Nc4cnn(C5CNC5)c4)cc3c2)n1. The summed E-state index contributed by atoms with van der Waals surface area (Å²) in [6.07, 6.45) is 7.45. The minimum Gasteiger partial charge on any atom is -0.352 e. The van der Waals surface area contributed by atoms with Crippen LogP contribution in [0, 0.1) is 6.92 Å². The molecule has 1 fully saturated rings. The van der Waals surface area contributed by atoms with Crippen LogP contribution in [0.5, 0.6) is 0 Å². The van der Waals surface area contributed by atoms with Crippen molar-refractivity contribution < 1.29 is 0 Å². The zero-order valence-corrected chi connectivity index (χ0v) is 17.6. The summed E-state index contributed by atoms with van der Waals surface area (Å²) in [5.74, 6) is 0. The highest BCUT2D eigenvalue weighted by atomic mass is 15.3. The smallest absolute Gasteiger partial charge is 0.0977 e. The summed E-state index contributed by atoms with van der Waals surface area (Å²) in [4.78, 5) is 17.1. The Kier molecular flexibility index (Phi) is 4.43. The van der Waals surface area contributed by atoms with Crippen LogP contribution < -0.4 is 10.6 Å². The number of fused-ring (bicyclic) bond motifs is 1. The largest absolute Gasteiger partial charge is 0.352 e. The van der Waals surface area contributed by atoms with Crippen molar-refractivity contribution in [2.45, 2.75) is 13.0 Å². The molecule has 4 aromatic heterocycles. The number of nitrogens with one attached hydrogen (secondary N) is 3. The highest BCUT2D eigenvalue weighted by Gasteiger charge is 2.19. The van der Waals surface area contributed by atoms with Crippen molar-refractivity contribution in [3.8, 4) is 22.6 Å². The monoisotopic (exact) mass is 422 g/mol. The van der Waals surface area contributed by atoms with E-state index in [1.165, 1.54) is 0 Å². The maximum Gasteiger partial charge on any atom is 0.0977 e. The summed E-state index contributed by atoms with van der Waals surface area (Å²) in [6.45, 7) is 3.92. The lowest BCUT2D eigenvalue weighted by Gasteiger charge is -2.27. The van der Waals surface area contributed by atoms with E-state index < -0.39 is 0 Å². The molecule has 158 valence electrons. The standard InChI is InChI=1S/C24H22N8/c1-15-3-2-4-22(30-15)24-23(27-14-28-24)16-5-6-21-17(7-16)8-18(9-26-21)31-19-10-29-32(13-19)20-11-25-12-20/h2-10,13-14,20,25,31H,11-12H2,1H3,(H,27,28). The molecule has 0 amide bonds. The van der Waals surface area contributed by atoms with Gasteiger partial charge in [-0.05, 0) is 37.3 Å². The molecule has 8 heteroatoms. The maximum atomic E-state index is 4.64. The number of imidazole rings is 1. The molecule has 0 spiro atoms. The second-order valence-corrected chi connectivity index (χ2v) is 8.07. The third-order valence-corrected chi connectivity index (χ3v) is 5.76. The Balaban J connectivity index is 1.32. The topological polar surface area (TPSA) is 96.3 Å². The molecule has 5 heterocycles. The second kappa shape index (κ2) is 7.58. The van der Waals surface area contributed by atoms with Crippen LogP contribution >= 0.6 is 0 Å². The van der Waals surface area contributed by atoms with Gasteiger partial charge in [-0.1, -0.05) is 12.1 Å². The maximum absolute atomic E-state index is 4.64. The van der Waals surface area contributed by atoms with Gasteiger partial charge in [0.1, 0.15) is 0 Å². The fourth-order valence-electron chi connectivity index (χ4n) is 3.97. The summed E-state index contributed by atoms with van der Waals surface area (Å²) in [5, 5.41) is 12.2. The number of aromatic nitrogens is 6. The minimum atomic E-state index is 0.439. The molecular formula is C24H22N8. The van der Waals surface area contributed by atoms with Gasteiger partial charge in [0, 0.05) is 35.9 Å². The van der Waals surface area contributed by atoms with Crippen LogP contribution in [0.4, 0.5) is 11.4 Å². The lowest BCUT2D eigenvalue weighted by Crippen LogP contribution is -2.43. The summed E-state index contributed by atoms with van der Waals surface area (Å²) < 4.78 is 2.00. The molecule has 0 saturated carbocycles. The van der Waals surface area contributed by atoms with Gasteiger partial charge >= 0.3 is 0 Å². The fraction of sp³-hybridized carbons (Fsp3) is 0.167. The Morgan fingerprint density at radius 3 is 2.81 bits per heavy atom. The molecule has 1 aromatic carbocycles. The van der Waals surface area contributed by atoms with Gasteiger partial charge < -0.3 is 15.6 Å². The van der Waals surface area contributed by atoms with Crippen LogP contribution in [0.3, 0.4) is 0 Å². The number of hydrogen-bond donors (Lipinski definition) is 3. The van der Waals surface area contributed by atoms with Gasteiger partial charge in [-0.2, -0.15) is 5.10 Å². The van der Waals surface area contributed by atoms with Crippen molar-refractivity contribution in [3.63, 3.8) is 0 Å². The van der Waals surface area contributed by atoms with Crippen molar-refractivity contribution in [1.29, 1.82) is 0 Å². The lowest BCUT2D eigenvalue weighted by molar-refractivity contribution is 0.318. The fourth-order valence-corrected chi connectivity index (χ4v) is 3.97. The van der Waals surface area contributed by atoms with Gasteiger partial charge in [-0.25, -0.2) is 4.98 Å². The predicted octanol–water partition coefficient (Wildman–Crippen LogP) is 4.08. The van der Waals surface area contributed by atoms with Gasteiger partial charge in [0.25, 0.3) is 0 Å². The van der Waals surface area contributed by atoms with E-state index >= 15 is 0 Å². The van der Waals surface area contributed by atoms with Crippen molar-refractivity contribution >= 4 is 22.3 Å². The van der Waals surface area contributed by atoms with Crippen LogP contribution in [0.1, 0.15) is 11.7 Å². The average Bonchev–Trinajstić information content (AvgIpc) is 3.42. The van der Waals surface area contributed by atoms with Crippen LogP contribution in [0.25, 0.3) is 33.5 Å². The summed E-state index contributed by atoms with van der Waals surface area (Å²) in [5.41, 5.74) is 7.45. The first-order chi connectivity index (χ1) is 15.7. The van der Waals surface area contributed by atoms with E-state index in [2.05, 4.69) is 53.9 Å². The number of H-pyrrole nitrogens is 1. The van der Waals surface area contributed by atoms with Crippen LogP contribution in [0.15, 0.2) is 67.4 Å². The number of aryl methyl sites for hydroxylation is 1. The molecular weight excluding hydrogens is 400 g/mol. The Labute approximate surface area is 184 Å². The van der Waals surface area contributed by atoms with Crippen LogP contribution in [-0.4, -0.2) is 42.8 Å². The third-order valence-electron chi connectivity index (χ3n) is 5.76. The molecule has 1 saturated heterocycles. The van der Waals surface area contributed by atoms with E-state index in [0.29, 0.717) is 6.04 Å². The zero-order chi connectivity index (χ0) is 21.5. The van der Waals surface area contributed by atoms with E-state index in [9.17, 15) is 0 Å². The summed E-state index contributed by atoms with van der Waals surface area (Å²) in [6, 6.07) is 14.7. The summed E-state index contributed by atoms with van der Waals surface area (Å²) in [7, 11) is 0. The Bertz CT molecular complexity index is 1410. The first-order valence-electron chi connectivity index (χ1n) is 10.6. The molecule has 0 unspecified atom stereocenters. The third kappa shape index (κ3) is 3.40. The van der Waals surface area contributed by atoms with E-state index in [1.54, 1.807) is 6.33 Å². The molecule has 0 radical (unpaired) electrons. The molecule has 1 aliphatic rings. The normalized spacial score (nSPS) is 13.9. The lowest BCUT2D eigenvalue weighted by atomic mass is 10.0. The average molecular weight is 422 g/mol. The number of benzene rings is 1. The van der Waals surface area contributed by atoms with Crippen LogP contribution in [0.2, 0.25) is 0 Å². The minimum absolute atomic E-state index is 0.439. The zero-order valence-electron chi connectivity index (χ0n) is 17.6. The molecule has 3 N–H and O–H groups in total. The Morgan fingerprint density at radius 1 is 1.03 bits per heavy atom. The van der Waals surface area contributed by atoms with Gasteiger partial charge in [-0.3, -0.25) is 14.6 Å².